The second-order valence-corrected chi connectivity index (χ2v) is 7.08. The molecule has 30 heavy (non-hydrogen) atoms. The molecule has 1 aliphatic rings. The van der Waals surface area contributed by atoms with Crippen LogP contribution in [0, 0.1) is 0 Å². The zero-order valence-electron chi connectivity index (χ0n) is 15.7. The van der Waals surface area contributed by atoms with Crippen molar-refractivity contribution in [2.24, 2.45) is 0 Å². The summed E-state index contributed by atoms with van der Waals surface area (Å²) in [6.07, 6.45) is -0.688. The molecule has 3 N–H and O–H groups in total. The minimum absolute atomic E-state index is 0.0971. The average molecular weight is 424 g/mol. The van der Waals surface area contributed by atoms with Gasteiger partial charge in [-0.1, -0.05) is 41.9 Å². The molecule has 0 radical (unpaired) electrons. The van der Waals surface area contributed by atoms with E-state index in [2.05, 4.69) is 10.7 Å². The van der Waals surface area contributed by atoms with Gasteiger partial charge in [0.2, 0.25) is 0 Å². The number of amides is 2. The van der Waals surface area contributed by atoms with Gasteiger partial charge in [0, 0.05) is 10.7 Å². The number of hydrazine groups is 1. The minimum atomic E-state index is -0.688. The van der Waals surface area contributed by atoms with Crippen LogP contribution in [-0.4, -0.2) is 28.5 Å². The number of phenolic OH excluding ortho intramolecular Hbond substituents is 1. The van der Waals surface area contributed by atoms with Crippen molar-refractivity contribution in [2.75, 3.05) is 11.9 Å². The molecule has 1 heterocycles. The van der Waals surface area contributed by atoms with Crippen molar-refractivity contribution in [3.05, 3.63) is 88.9 Å². The number of carbonyl (C=O) groups is 2. The van der Waals surface area contributed by atoms with Gasteiger partial charge in [-0.3, -0.25) is 15.0 Å². The highest BCUT2D eigenvalue weighted by Gasteiger charge is 2.34. The fraction of sp³-hybridized carbons (Fsp3) is 0.0909. The summed E-state index contributed by atoms with van der Waals surface area (Å²) >= 11 is 6.05. The molecule has 3 aromatic rings. The van der Waals surface area contributed by atoms with Crippen LogP contribution in [0.4, 0.5) is 5.69 Å². The smallest absolute Gasteiger partial charge is 0.276 e. The maximum absolute atomic E-state index is 13.2. The molecule has 1 atom stereocenters. The lowest BCUT2D eigenvalue weighted by Crippen LogP contribution is -2.53. The van der Waals surface area contributed by atoms with Crippen molar-refractivity contribution in [2.45, 2.75) is 6.17 Å². The molecular formula is C22H18ClN3O4. The Labute approximate surface area is 177 Å². The predicted octanol–water partition coefficient (Wildman–Crippen LogP) is 3.72. The molecule has 0 spiro atoms. The van der Waals surface area contributed by atoms with E-state index in [1.54, 1.807) is 54.6 Å². The molecule has 7 nitrogen and oxygen atoms in total. The number of para-hydroxylation sites is 1. The van der Waals surface area contributed by atoms with Crippen LogP contribution < -0.4 is 15.5 Å². The van der Waals surface area contributed by atoms with Gasteiger partial charge in [0.1, 0.15) is 17.7 Å². The van der Waals surface area contributed by atoms with E-state index in [4.69, 9.17) is 16.3 Å². The summed E-state index contributed by atoms with van der Waals surface area (Å²) in [6, 6.07) is 20.2. The maximum atomic E-state index is 13.2. The molecule has 0 fully saturated rings. The number of carbonyl (C=O) groups excluding carboxylic acids is 2. The van der Waals surface area contributed by atoms with Crippen LogP contribution in [0.1, 0.15) is 22.1 Å². The first kappa shape index (κ1) is 19.6. The number of ether oxygens (including phenoxy) is 1. The molecule has 152 valence electrons. The van der Waals surface area contributed by atoms with E-state index in [0.717, 1.165) is 0 Å². The fourth-order valence-electron chi connectivity index (χ4n) is 3.11. The number of nitrogens with zero attached hydrogens (tertiary/aromatic N) is 1. The van der Waals surface area contributed by atoms with Crippen LogP contribution in [0.2, 0.25) is 5.02 Å². The van der Waals surface area contributed by atoms with Crippen molar-refractivity contribution >= 4 is 29.1 Å². The lowest BCUT2D eigenvalue weighted by molar-refractivity contribution is -0.127. The number of hydrogen-bond acceptors (Lipinski definition) is 5. The largest absolute Gasteiger partial charge is 0.508 e. The number of aromatic hydroxyl groups is 1. The number of fused-ring (bicyclic) bond motifs is 1. The SMILES string of the molecule is O=C(COc1ccccc1)NN1C(=O)c2cc(Cl)ccc2NC1c1ccc(O)cc1. The molecule has 4 rings (SSSR count). The van der Waals surface area contributed by atoms with Gasteiger partial charge >= 0.3 is 0 Å². The minimum Gasteiger partial charge on any atom is -0.508 e. The van der Waals surface area contributed by atoms with Crippen molar-refractivity contribution in [3.63, 3.8) is 0 Å². The van der Waals surface area contributed by atoms with Gasteiger partial charge in [0.05, 0.1) is 5.56 Å². The van der Waals surface area contributed by atoms with E-state index >= 15 is 0 Å². The van der Waals surface area contributed by atoms with Gasteiger partial charge in [-0.2, -0.15) is 0 Å². The van der Waals surface area contributed by atoms with Crippen LogP contribution in [0.15, 0.2) is 72.8 Å². The predicted molar refractivity (Wildman–Crippen MR) is 112 cm³/mol. The second kappa shape index (κ2) is 8.34. The highest BCUT2D eigenvalue weighted by atomic mass is 35.5. The van der Waals surface area contributed by atoms with Gasteiger partial charge in [-0.25, -0.2) is 5.01 Å². The molecule has 1 unspecified atom stereocenters. The van der Waals surface area contributed by atoms with Gasteiger partial charge < -0.3 is 15.2 Å². The summed E-state index contributed by atoms with van der Waals surface area (Å²) < 4.78 is 5.47. The third-order valence-electron chi connectivity index (χ3n) is 4.55. The van der Waals surface area contributed by atoms with Crippen molar-refractivity contribution in [1.29, 1.82) is 0 Å². The summed E-state index contributed by atoms with van der Waals surface area (Å²) in [5, 5.41) is 14.4. The van der Waals surface area contributed by atoms with E-state index < -0.39 is 18.0 Å². The van der Waals surface area contributed by atoms with Crippen molar-refractivity contribution < 1.29 is 19.4 Å². The topological polar surface area (TPSA) is 90.9 Å². The molecule has 0 aliphatic carbocycles. The lowest BCUT2D eigenvalue weighted by atomic mass is 10.0. The van der Waals surface area contributed by atoms with Gasteiger partial charge in [-0.05, 0) is 48.0 Å². The first-order chi connectivity index (χ1) is 14.5. The van der Waals surface area contributed by atoms with E-state index in [0.29, 0.717) is 27.6 Å². The molecule has 1 aliphatic heterocycles. The average Bonchev–Trinajstić information content (AvgIpc) is 2.76. The number of benzene rings is 3. The van der Waals surface area contributed by atoms with E-state index in [9.17, 15) is 14.7 Å². The fourth-order valence-corrected chi connectivity index (χ4v) is 3.29. The standard InChI is InChI=1S/C22H18ClN3O4/c23-15-8-11-19-18(12-15)22(29)26(21(24-19)14-6-9-16(27)10-7-14)25-20(28)13-30-17-4-2-1-3-5-17/h1-12,21,24,27H,13H2,(H,25,28). The zero-order chi connectivity index (χ0) is 21.1. The highest BCUT2D eigenvalue weighted by molar-refractivity contribution is 6.31. The number of nitrogens with one attached hydrogen (secondary N) is 2. The Balaban J connectivity index is 1.58. The van der Waals surface area contributed by atoms with E-state index in [-0.39, 0.29) is 12.4 Å². The normalized spacial score (nSPS) is 15.2. The summed E-state index contributed by atoms with van der Waals surface area (Å²) in [4.78, 5) is 25.7. The molecular weight excluding hydrogens is 406 g/mol. The highest BCUT2D eigenvalue weighted by Crippen LogP contribution is 2.33. The quantitative estimate of drug-likeness (QED) is 0.581. The Morgan fingerprint density at radius 3 is 2.57 bits per heavy atom. The van der Waals surface area contributed by atoms with Crippen LogP contribution in [-0.2, 0) is 4.79 Å². The first-order valence-corrected chi connectivity index (χ1v) is 9.55. The summed E-state index contributed by atoms with van der Waals surface area (Å²) in [5.41, 5.74) is 4.21. The number of hydrogen-bond donors (Lipinski definition) is 3. The Hall–Kier alpha value is -3.71. The third-order valence-corrected chi connectivity index (χ3v) is 4.78. The monoisotopic (exact) mass is 423 g/mol. The van der Waals surface area contributed by atoms with Crippen LogP contribution in [0.25, 0.3) is 0 Å². The molecule has 3 aromatic carbocycles. The maximum Gasteiger partial charge on any atom is 0.276 e. The molecule has 0 bridgehead atoms. The number of phenols is 1. The second-order valence-electron chi connectivity index (χ2n) is 6.64. The van der Waals surface area contributed by atoms with Crippen molar-refractivity contribution in [3.8, 4) is 11.5 Å². The van der Waals surface area contributed by atoms with Crippen molar-refractivity contribution in [1.82, 2.24) is 10.4 Å². The number of rotatable bonds is 5. The molecule has 0 saturated heterocycles. The summed E-state index contributed by atoms with van der Waals surface area (Å²) in [7, 11) is 0. The van der Waals surface area contributed by atoms with E-state index in [1.165, 1.54) is 17.1 Å². The lowest BCUT2D eigenvalue weighted by Gasteiger charge is -2.37. The van der Waals surface area contributed by atoms with Crippen LogP contribution >= 0.6 is 11.6 Å². The molecule has 8 heteroatoms. The van der Waals surface area contributed by atoms with Gasteiger partial charge in [0.25, 0.3) is 11.8 Å². The number of halogens is 1. The number of anilines is 1. The molecule has 2 amide bonds. The summed E-state index contributed by atoms with van der Waals surface area (Å²) in [5.74, 6) is -0.275. The van der Waals surface area contributed by atoms with Gasteiger partial charge in [0.15, 0.2) is 6.61 Å². The third kappa shape index (κ3) is 4.16. The Bertz CT molecular complexity index is 1070. The Morgan fingerprint density at radius 2 is 1.83 bits per heavy atom. The Morgan fingerprint density at radius 1 is 1.10 bits per heavy atom. The first-order valence-electron chi connectivity index (χ1n) is 9.17. The van der Waals surface area contributed by atoms with Crippen LogP contribution in [0.3, 0.4) is 0 Å². The molecule has 0 aromatic heterocycles. The Kier molecular flexibility index (Phi) is 5.45. The zero-order valence-corrected chi connectivity index (χ0v) is 16.5. The summed E-state index contributed by atoms with van der Waals surface area (Å²) in [6.45, 7) is -0.265. The van der Waals surface area contributed by atoms with E-state index in [1.807, 2.05) is 6.07 Å². The van der Waals surface area contributed by atoms with Crippen LogP contribution in [0.5, 0.6) is 11.5 Å². The molecule has 0 saturated carbocycles. The van der Waals surface area contributed by atoms with Gasteiger partial charge in [-0.15, -0.1) is 0 Å².